The van der Waals surface area contributed by atoms with E-state index in [-0.39, 0.29) is 11.0 Å². The number of nitrogens with zero attached hydrogens (tertiary/aromatic N) is 4. The highest BCUT2D eigenvalue weighted by Crippen LogP contribution is 2.27. The molecule has 8 nitrogen and oxygen atoms in total. The number of hydrogen-bond donors (Lipinski definition) is 2. The van der Waals surface area contributed by atoms with Crippen molar-refractivity contribution in [1.82, 2.24) is 25.1 Å². The van der Waals surface area contributed by atoms with E-state index in [1.165, 1.54) is 17.4 Å². The van der Waals surface area contributed by atoms with Gasteiger partial charge in [-0.2, -0.15) is 9.61 Å². The summed E-state index contributed by atoms with van der Waals surface area (Å²) in [6, 6.07) is 18.5. The maximum Gasteiger partial charge on any atom is 0.250 e. The second-order valence-electron chi connectivity index (χ2n) is 7.41. The van der Waals surface area contributed by atoms with Crippen LogP contribution in [0.3, 0.4) is 0 Å². The van der Waals surface area contributed by atoms with Gasteiger partial charge in [0.2, 0.25) is 10.9 Å². The Hall–Kier alpha value is -3.86. The van der Waals surface area contributed by atoms with Crippen LogP contribution in [0.15, 0.2) is 71.2 Å². The van der Waals surface area contributed by atoms with Crippen LogP contribution in [0.2, 0.25) is 5.02 Å². The Balaban J connectivity index is 1.16. The maximum atomic E-state index is 12.3. The number of carbonyl (C=O) groups is 1. The Bertz CT molecular complexity index is 1550. The topological polar surface area (TPSA) is 97.3 Å². The molecule has 0 bridgehead atoms. The van der Waals surface area contributed by atoms with Gasteiger partial charge in [0.05, 0.1) is 0 Å². The zero-order valence-electron chi connectivity index (χ0n) is 18.2. The summed E-state index contributed by atoms with van der Waals surface area (Å²) in [5, 5.41) is 19.9. The van der Waals surface area contributed by atoms with Gasteiger partial charge in [-0.25, -0.2) is 0 Å². The monoisotopic (exact) mass is 520 g/mol. The summed E-state index contributed by atoms with van der Waals surface area (Å²) in [6.45, 7) is 1.86. The van der Waals surface area contributed by atoms with Crippen LogP contribution in [0.4, 0.5) is 5.69 Å². The van der Waals surface area contributed by atoms with Crippen molar-refractivity contribution in [1.29, 1.82) is 0 Å². The third kappa shape index (κ3) is 5.29. The smallest absolute Gasteiger partial charge is 0.250 e. The first-order valence-electron chi connectivity index (χ1n) is 10.4. The number of benzene rings is 2. The van der Waals surface area contributed by atoms with Gasteiger partial charge in [0.1, 0.15) is 16.5 Å². The maximum absolute atomic E-state index is 12.3. The van der Waals surface area contributed by atoms with E-state index in [9.17, 15) is 4.79 Å². The van der Waals surface area contributed by atoms with Crippen LogP contribution in [0.25, 0.3) is 32.9 Å². The number of carbonyl (C=O) groups excluding carboxylic acids is 1. The number of amides is 1. The lowest BCUT2D eigenvalue weighted by atomic mass is 10.2. The Morgan fingerprint density at radius 3 is 2.54 bits per heavy atom. The molecule has 0 aliphatic rings. The van der Waals surface area contributed by atoms with E-state index >= 15 is 0 Å². The Kier molecular flexibility index (Phi) is 6.41. The van der Waals surface area contributed by atoms with Gasteiger partial charge in [0.15, 0.2) is 10.9 Å². The minimum Gasteiger partial charge on any atom is -0.457 e. The first-order chi connectivity index (χ1) is 16.9. The van der Waals surface area contributed by atoms with Crippen molar-refractivity contribution in [2.45, 2.75) is 6.92 Å². The molecule has 0 aliphatic carbocycles. The molecular weight excluding hydrogens is 504 g/mol. The average Bonchev–Trinajstić information content (AvgIpc) is 3.57. The Morgan fingerprint density at radius 1 is 1.06 bits per heavy atom. The van der Waals surface area contributed by atoms with Crippen LogP contribution in [0.5, 0.6) is 0 Å². The second kappa shape index (κ2) is 9.79. The van der Waals surface area contributed by atoms with E-state index in [1.54, 1.807) is 28.8 Å². The van der Waals surface area contributed by atoms with Gasteiger partial charge in [0, 0.05) is 27.9 Å². The molecule has 5 rings (SSSR count). The predicted molar refractivity (Wildman–Crippen MR) is 141 cm³/mol. The van der Waals surface area contributed by atoms with Gasteiger partial charge >= 0.3 is 0 Å². The van der Waals surface area contributed by atoms with Crippen LogP contribution < -0.4 is 10.6 Å². The van der Waals surface area contributed by atoms with Crippen molar-refractivity contribution < 1.29 is 9.21 Å². The largest absolute Gasteiger partial charge is 0.457 e. The fourth-order valence-corrected chi connectivity index (χ4v) is 4.45. The molecule has 174 valence electrons. The molecule has 5 aromatic rings. The number of hydrogen-bond acceptors (Lipinski definition) is 7. The standard InChI is InChI=1S/C24H17ClN6O2S2/c1-14-28-29-24-31(14)30-22(35-24)16-4-8-18(9-5-16)26-23(34)27-21(32)13-11-19-10-12-20(33-19)15-2-6-17(25)7-3-15/h2-13H,1H3,(H2,26,27,32,34). The number of aryl methyl sites for hydroxylation is 1. The SMILES string of the molecule is Cc1nnc2sc(-c3ccc(NC(=S)NC(=O)C=Cc4ccc(-c5ccc(Cl)cc5)o4)cc3)nn12. The van der Waals surface area contributed by atoms with Crippen molar-refractivity contribution in [3.8, 4) is 21.9 Å². The molecule has 11 heteroatoms. The van der Waals surface area contributed by atoms with Crippen LogP contribution >= 0.6 is 35.2 Å². The quantitative estimate of drug-likeness (QED) is 0.230. The van der Waals surface area contributed by atoms with Gasteiger partial charge in [-0.05, 0) is 85.9 Å². The molecule has 35 heavy (non-hydrogen) atoms. The van der Waals surface area contributed by atoms with Crippen molar-refractivity contribution >= 4 is 62.9 Å². The third-order valence-corrected chi connectivity index (χ3v) is 6.33. The van der Waals surface area contributed by atoms with Crippen molar-refractivity contribution in [3.63, 3.8) is 0 Å². The molecule has 1 amide bonds. The van der Waals surface area contributed by atoms with Gasteiger partial charge in [-0.3, -0.25) is 10.1 Å². The molecule has 0 spiro atoms. The number of aromatic nitrogens is 4. The minimum atomic E-state index is -0.376. The van der Waals surface area contributed by atoms with Crippen LogP contribution in [-0.2, 0) is 4.79 Å². The molecule has 3 heterocycles. The van der Waals surface area contributed by atoms with E-state index in [0.29, 0.717) is 16.5 Å². The predicted octanol–water partition coefficient (Wildman–Crippen LogP) is 5.60. The molecule has 0 saturated carbocycles. The molecule has 0 saturated heterocycles. The summed E-state index contributed by atoms with van der Waals surface area (Å²) in [4.78, 5) is 13.0. The third-order valence-electron chi connectivity index (χ3n) is 4.93. The molecular formula is C24H17ClN6O2S2. The highest BCUT2D eigenvalue weighted by Gasteiger charge is 2.11. The number of rotatable bonds is 5. The van der Waals surface area contributed by atoms with E-state index in [2.05, 4.69) is 25.9 Å². The van der Waals surface area contributed by atoms with Gasteiger partial charge < -0.3 is 9.73 Å². The summed E-state index contributed by atoms with van der Waals surface area (Å²) in [6.07, 6.45) is 2.94. The highest BCUT2D eigenvalue weighted by atomic mass is 35.5. The van der Waals surface area contributed by atoms with Gasteiger partial charge in [-0.1, -0.05) is 22.9 Å². The number of nitrogens with one attached hydrogen (secondary N) is 2. The summed E-state index contributed by atoms with van der Waals surface area (Å²) in [7, 11) is 0. The van der Waals surface area contributed by atoms with E-state index in [1.807, 2.05) is 49.4 Å². The fourth-order valence-electron chi connectivity index (χ4n) is 3.21. The Morgan fingerprint density at radius 2 is 1.80 bits per heavy atom. The molecule has 3 aromatic heterocycles. The van der Waals surface area contributed by atoms with Gasteiger partial charge in [0.25, 0.3) is 0 Å². The fraction of sp³-hybridized carbons (Fsp3) is 0.0417. The zero-order chi connectivity index (χ0) is 24.4. The first kappa shape index (κ1) is 22.9. The van der Waals surface area contributed by atoms with Crippen LogP contribution in [0, 0.1) is 6.92 Å². The molecule has 0 unspecified atom stereocenters. The van der Waals surface area contributed by atoms with Crippen molar-refractivity contribution in [2.24, 2.45) is 0 Å². The molecule has 2 N–H and O–H groups in total. The van der Waals surface area contributed by atoms with Crippen LogP contribution in [-0.4, -0.2) is 30.8 Å². The highest BCUT2D eigenvalue weighted by molar-refractivity contribution is 7.80. The molecule has 2 aromatic carbocycles. The minimum absolute atomic E-state index is 0.183. The van der Waals surface area contributed by atoms with E-state index in [4.69, 9.17) is 28.2 Å². The summed E-state index contributed by atoms with van der Waals surface area (Å²) in [5.41, 5.74) is 2.58. The van der Waals surface area contributed by atoms with E-state index in [0.717, 1.165) is 32.6 Å². The summed E-state index contributed by atoms with van der Waals surface area (Å²) < 4.78 is 7.47. The van der Waals surface area contributed by atoms with Gasteiger partial charge in [-0.15, -0.1) is 10.2 Å². The normalized spacial score (nSPS) is 11.3. The molecule has 0 radical (unpaired) electrons. The number of anilines is 1. The van der Waals surface area contributed by atoms with Crippen molar-refractivity contribution in [3.05, 3.63) is 83.3 Å². The lowest BCUT2D eigenvalue weighted by molar-refractivity contribution is -0.115. The zero-order valence-corrected chi connectivity index (χ0v) is 20.6. The number of thiocarbonyl (C=S) groups is 1. The summed E-state index contributed by atoms with van der Waals surface area (Å²) >= 11 is 12.6. The molecule has 0 aliphatic heterocycles. The molecule has 0 fully saturated rings. The second-order valence-corrected chi connectivity index (χ2v) is 9.21. The van der Waals surface area contributed by atoms with E-state index < -0.39 is 0 Å². The molecule has 0 atom stereocenters. The number of halogens is 1. The number of furan rings is 1. The summed E-state index contributed by atoms with van der Waals surface area (Å²) in [5.74, 6) is 1.59. The first-order valence-corrected chi connectivity index (χ1v) is 12.0. The lowest BCUT2D eigenvalue weighted by Gasteiger charge is -2.08. The number of fused-ring (bicyclic) bond motifs is 1. The Labute approximate surface area is 214 Å². The lowest BCUT2D eigenvalue weighted by Crippen LogP contribution is -2.32. The van der Waals surface area contributed by atoms with Crippen LogP contribution in [0.1, 0.15) is 11.6 Å². The van der Waals surface area contributed by atoms with Crippen molar-refractivity contribution in [2.75, 3.05) is 5.32 Å². The average molecular weight is 521 g/mol.